The maximum atomic E-state index is 13.1. The summed E-state index contributed by atoms with van der Waals surface area (Å²) >= 11 is 0. The van der Waals surface area contributed by atoms with Gasteiger partial charge in [0.1, 0.15) is 28.6 Å². The van der Waals surface area contributed by atoms with E-state index in [2.05, 4.69) is 10.5 Å². The number of halogens is 1. The van der Waals surface area contributed by atoms with Crippen LogP contribution in [0.4, 0.5) is 4.39 Å². The summed E-state index contributed by atoms with van der Waals surface area (Å²) in [5, 5.41) is 6.79. The van der Waals surface area contributed by atoms with Crippen LogP contribution < -0.4 is 10.1 Å². The number of aromatic nitrogens is 1. The lowest BCUT2D eigenvalue weighted by atomic mass is 10.1. The molecule has 1 amide bonds. The molecule has 6 heteroatoms. The van der Waals surface area contributed by atoms with Crippen LogP contribution in [0.3, 0.4) is 0 Å². The molecule has 0 saturated carbocycles. The van der Waals surface area contributed by atoms with Gasteiger partial charge in [0, 0.05) is 17.7 Å². The molecule has 0 spiro atoms. The lowest BCUT2D eigenvalue weighted by Crippen LogP contribution is -2.24. The third kappa shape index (κ3) is 3.52. The first kappa shape index (κ1) is 16.7. The van der Waals surface area contributed by atoms with Gasteiger partial charge in [0.2, 0.25) is 0 Å². The summed E-state index contributed by atoms with van der Waals surface area (Å²) in [7, 11) is 1.58. The number of carbonyl (C=O) groups excluding carboxylic acids is 1. The average Bonchev–Trinajstić information content (AvgIpc) is 3.02. The Kier molecular flexibility index (Phi) is 4.79. The monoisotopic (exact) mass is 340 g/mol. The molecule has 0 aliphatic rings. The number of amides is 1. The second kappa shape index (κ2) is 7.17. The smallest absolute Gasteiger partial charge is 0.257 e. The van der Waals surface area contributed by atoms with Gasteiger partial charge in [-0.2, -0.15) is 0 Å². The predicted molar refractivity (Wildman–Crippen MR) is 90.8 cm³/mol. The number of aryl methyl sites for hydroxylation is 1. The number of methoxy groups -OCH3 is 1. The summed E-state index contributed by atoms with van der Waals surface area (Å²) in [6.45, 7) is 1.97. The minimum Gasteiger partial charge on any atom is -0.496 e. The molecule has 3 rings (SSSR count). The van der Waals surface area contributed by atoms with E-state index in [-0.39, 0.29) is 11.7 Å². The average molecular weight is 340 g/mol. The van der Waals surface area contributed by atoms with Crippen LogP contribution in [0.25, 0.3) is 11.3 Å². The molecule has 0 radical (unpaired) electrons. The van der Waals surface area contributed by atoms with Gasteiger partial charge in [-0.3, -0.25) is 4.79 Å². The van der Waals surface area contributed by atoms with E-state index in [1.54, 1.807) is 26.2 Å². The van der Waals surface area contributed by atoms with Crippen LogP contribution in [0.15, 0.2) is 53.1 Å². The lowest BCUT2D eigenvalue weighted by Gasteiger charge is -2.09. The standard InChI is InChI=1S/C19H17FN2O3/c1-12-17(18(22-25-12)13-7-9-15(20)10-8-13)19(23)21-11-14-5-3-4-6-16(14)24-2/h3-10H,11H2,1-2H3,(H,21,23). The fourth-order valence-electron chi connectivity index (χ4n) is 2.56. The molecule has 25 heavy (non-hydrogen) atoms. The highest BCUT2D eigenvalue weighted by Crippen LogP contribution is 2.25. The van der Waals surface area contributed by atoms with Crippen LogP contribution in [0, 0.1) is 12.7 Å². The van der Waals surface area contributed by atoms with E-state index < -0.39 is 0 Å². The highest BCUT2D eigenvalue weighted by atomic mass is 19.1. The van der Waals surface area contributed by atoms with Crippen LogP contribution in [0.1, 0.15) is 21.7 Å². The minimum absolute atomic E-state index is 0.302. The molecule has 0 fully saturated rings. The molecule has 0 atom stereocenters. The molecule has 128 valence electrons. The summed E-state index contributed by atoms with van der Waals surface area (Å²) in [4.78, 5) is 12.6. The van der Waals surface area contributed by atoms with Crippen LogP contribution >= 0.6 is 0 Å². The number of nitrogens with one attached hydrogen (secondary N) is 1. The molecular formula is C19H17FN2O3. The maximum Gasteiger partial charge on any atom is 0.257 e. The molecule has 0 unspecified atom stereocenters. The zero-order valence-electron chi connectivity index (χ0n) is 13.9. The van der Waals surface area contributed by atoms with Gasteiger partial charge in [0.25, 0.3) is 5.91 Å². The molecule has 1 aromatic heterocycles. The maximum absolute atomic E-state index is 13.1. The van der Waals surface area contributed by atoms with Crippen molar-refractivity contribution < 1.29 is 18.4 Å². The van der Waals surface area contributed by atoms with Crippen molar-refractivity contribution in [3.63, 3.8) is 0 Å². The van der Waals surface area contributed by atoms with Gasteiger partial charge in [-0.05, 0) is 37.3 Å². The van der Waals surface area contributed by atoms with Crippen molar-refractivity contribution in [1.82, 2.24) is 10.5 Å². The van der Waals surface area contributed by atoms with Crippen molar-refractivity contribution in [2.75, 3.05) is 7.11 Å². The first-order valence-corrected chi connectivity index (χ1v) is 7.72. The van der Waals surface area contributed by atoms with Gasteiger partial charge >= 0.3 is 0 Å². The SMILES string of the molecule is COc1ccccc1CNC(=O)c1c(-c2ccc(F)cc2)noc1C. The van der Waals surface area contributed by atoms with E-state index in [1.165, 1.54) is 12.1 Å². The Bertz CT molecular complexity index is 888. The summed E-state index contributed by atoms with van der Waals surface area (Å²) in [5.41, 5.74) is 2.19. The fourth-order valence-corrected chi connectivity index (χ4v) is 2.56. The van der Waals surface area contributed by atoms with Gasteiger partial charge in [-0.25, -0.2) is 4.39 Å². The Morgan fingerprint density at radius 2 is 1.92 bits per heavy atom. The highest BCUT2D eigenvalue weighted by molar-refractivity contribution is 6.00. The first-order valence-electron chi connectivity index (χ1n) is 7.72. The van der Waals surface area contributed by atoms with Crippen molar-refractivity contribution >= 4 is 5.91 Å². The molecule has 0 aliphatic heterocycles. The Labute approximate surface area is 144 Å². The van der Waals surface area contributed by atoms with Crippen LogP contribution in [0.2, 0.25) is 0 Å². The molecule has 0 saturated heterocycles. The van der Waals surface area contributed by atoms with Gasteiger partial charge in [0.15, 0.2) is 0 Å². The largest absolute Gasteiger partial charge is 0.496 e. The van der Waals surface area contributed by atoms with Gasteiger partial charge in [0.05, 0.1) is 7.11 Å². The van der Waals surface area contributed by atoms with Crippen LogP contribution in [-0.4, -0.2) is 18.2 Å². The number of para-hydroxylation sites is 1. The molecule has 2 aromatic carbocycles. The number of benzene rings is 2. The van der Waals surface area contributed by atoms with E-state index in [0.29, 0.717) is 34.9 Å². The highest BCUT2D eigenvalue weighted by Gasteiger charge is 2.21. The summed E-state index contributed by atoms with van der Waals surface area (Å²) in [6.07, 6.45) is 0. The number of rotatable bonds is 5. The zero-order chi connectivity index (χ0) is 17.8. The topological polar surface area (TPSA) is 64.4 Å². The normalized spacial score (nSPS) is 10.5. The fraction of sp³-hybridized carbons (Fsp3) is 0.158. The quantitative estimate of drug-likeness (QED) is 0.769. The van der Waals surface area contributed by atoms with Crippen molar-refractivity contribution in [2.24, 2.45) is 0 Å². The van der Waals surface area contributed by atoms with Crippen molar-refractivity contribution in [1.29, 1.82) is 0 Å². The Morgan fingerprint density at radius 1 is 1.20 bits per heavy atom. The van der Waals surface area contributed by atoms with E-state index >= 15 is 0 Å². The lowest BCUT2D eigenvalue weighted by molar-refractivity contribution is 0.0949. The van der Waals surface area contributed by atoms with E-state index in [9.17, 15) is 9.18 Å². The summed E-state index contributed by atoms with van der Waals surface area (Å²) in [5.74, 6) is 0.426. The third-order valence-corrected chi connectivity index (χ3v) is 3.84. The number of carbonyl (C=O) groups is 1. The van der Waals surface area contributed by atoms with Crippen LogP contribution in [0.5, 0.6) is 5.75 Å². The molecule has 0 bridgehead atoms. The number of hydrogen-bond donors (Lipinski definition) is 1. The second-order valence-electron chi connectivity index (χ2n) is 5.46. The van der Waals surface area contributed by atoms with Crippen molar-refractivity contribution in [3.05, 3.63) is 71.2 Å². The zero-order valence-corrected chi connectivity index (χ0v) is 13.9. The van der Waals surface area contributed by atoms with Gasteiger partial charge in [-0.15, -0.1) is 0 Å². The third-order valence-electron chi connectivity index (χ3n) is 3.84. The molecule has 5 nitrogen and oxygen atoms in total. The number of ether oxygens (including phenoxy) is 1. The summed E-state index contributed by atoms with van der Waals surface area (Å²) in [6, 6.07) is 13.2. The van der Waals surface area contributed by atoms with Gasteiger partial charge < -0.3 is 14.6 Å². The van der Waals surface area contributed by atoms with Gasteiger partial charge in [-0.1, -0.05) is 23.4 Å². The molecule has 0 aliphatic carbocycles. The van der Waals surface area contributed by atoms with E-state index in [0.717, 1.165) is 5.56 Å². The molecule has 1 N–H and O–H groups in total. The Balaban J connectivity index is 1.83. The molecule has 3 aromatic rings. The molecular weight excluding hydrogens is 323 g/mol. The van der Waals surface area contributed by atoms with Crippen molar-refractivity contribution in [2.45, 2.75) is 13.5 Å². The molecule has 1 heterocycles. The number of nitrogens with zero attached hydrogens (tertiary/aromatic N) is 1. The Morgan fingerprint density at radius 3 is 2.64 bits per heavy atom. The van der Waals surface area contributed by atoms with Crippen LogP contribution in [-0.2, 0) is 6.54 Å². The predicted octanol–water partition coefficient (Wildman–Crippen LogP) is 3.73. The van der Waals surface area contributed by atoms with Crippen molar-refractivity contribution in [3.8, 4) is 17.0 Å². The van der Waals surface area contributed by atoms with E-state index in [1.807, 2.05) is 24.3 Å². The Hall–Kier alpha value is -3.15. The number of hydrogen-bond acceptors (Lipinski definition) is 4. The second-order valence-corrected chi connectivity index (χ2v) is 5.46. The minimum atomic E-state index is -0.355. The summed E-state index contributed by atoms with van der Waals surface area (Å²) < 4.78 is 23.6. The first-order chi connectivity index (χ1) is 12.1. The van der Waals surface area contributed by atoms with E-state index in [4.69, 9.17) is 9.26 Å².